The molecule has 0 fully saturated rings. The van der Waals surface area contributed by atoms with Crippen LogP contribution in [0.2, 0.25) is 0 Å². The van der Waals surface area contributed by atoms with Crippen molar-refractivity contribution in [1.82, 2.24) is 20.1 Å². The third-order valence-electron chi connectivity index (χ3n) is 3.99. The maximum atomic E-state index is 12.2. The highest BCUT2D eigenvalue weighted by atomic mass is 16.3. The van der Waals surface area contributed by atoms with Gasteiger partial charge in [0, 0.05) is 18.9 Å². The predicted octanol–water partition coefficient (Wildman–Crippen LogP) is 1.79. The number of hydrogen-bond donors (Lipinski definition) is 2. The molecule has 0 bridgehead atoms. The van der Waals surface area contributed by atoms with Gasteiger partial charge in [-0.2, -0.15) is 5.10 Å². The second-order valence-electron chi connectivity index (χ2n) is 5.68. The highest BCUT2D eigenvalue weighted by molar-refractivity contribution is 5.92. The van der Waals surface area contributed by atoms with Crippen molar-refractivity contribution in [2.75, 3.05) is 6.54 Å². The van der Waals surface area contributed by atoms with Crippen LogP contribution in [-0.2, 0) is 0 Å². The Morgan fingerprint density at radius 2 is 2.23 bits per heavy atom. The fourth-order valence-corrected chi connectivity index (χ4v) is 2.05. The van der Waals surface area contributed by atoms with E-state index in [1.165, 1.54) is 0 Å². The Labute approximate surface area is 130 Å². The van der Waals surface area contributed by atoms with E-state index in [9.17, 15) is 9.90 Å². The molecule has 6 heteroatoms. The van der Waals surface area contributed by atoms with E-state index >= 15 is 0 Å². The van der Waals surface area contributed by atoms with E-state index in [2.05, 4.69) is 15.4 Å². The monoisotopic (exact) mass is 302 g/mol. The van der Waals surface area contributed by atoms with E-state index in [1.807, 2.05) is 13.8 Å². The van der Waals surface area contributed by atoms with E-state index in [0.29, 0.717) is 11.5 Å². The molecular weight excluding hydrogens is 280 g/mol. The number of hydrogen-bond acceptors (Lipinski definition) is 4. The molecule has 0 saturated heterocycles. The van der Waals surface area contributed by atoms with Crippen molar-refractivity contribution >= 4 is 5.91 Å². The molecule has 2 unspecified atom stereocenters. The normalized spacial score (nSPS) is 15.1. The Bertz CT molecular complexity index is 623. The number of nitrogens with one attached hydrogen (secondary N) is 1. The fraction of sp³-hybridized carbons (Fsp3) is 0.438. The van der Waals surface area contributed by atoms with Crippen molar-refractivity contribution in [1.29, 1.82) is 0 Å². The SMILES string of the molecule is CCC(C)C(C)(O)CNC(=O)c1cccc(-n2cccn2)n1. The van der Waals surface area contributed by atoms with Crippen LogP contribution in [0, 0.1) is 5.92 Å². The summed E-state index contributed by atoms with van der Waals surface area (Å²) in [5, 5.41) is 17.2. The third-order valence-corrected chi connectivity index (χ3v) is 3.99. The summed E-state index contributed by atoms with van der Waals surface area (Å²) in [5.41, 5.74) is -0.641. The highest BCUT2D eigenvalue weighted by Crippen LogP contribution is 2.19. The number of nitrogens with zero attached hydrogens (tertiary/aromatic N) is 3. The van der Waals surface area contributed by atoms with Gasteiger partial charge in [0.2, 0.25) is 0 Å². The zero-order valence-electron chi connectivity index (χ0n) is 13.2. The Hall–Kier alpha value is -2.21. The molecule has 118 valence electrons. The quantitative estimate of drug-likeness (QED) is 0.852. The minimum absolute atomic E-state index is 0.0937. The van der Waals surface area contributed by atoms with Crippen LogP contribution in [0.25, 0.3) is 5.82 Å². The topological polar surface area (TPSA) is 80.0 Å². The van der Waals surface area contributed by atoms with Crippen molar-refractivity contribution in [3.8, 4) is 5.82 Å². The van der Waals surface area contributed by atoms with Gasteiger partial charge in [0.15, 0.2) is 5.82 Å². The lowest BCUT2D eigenvalue weighted by Gasteiger charge is -2.29. The second-order valence-corrected chi connectivity index (χ2v) is 5.68. The Morgan fingerprint density at radius 3 is 2.86 bits per heavy atom. The Kier molecular flexibility index (Phi) is 4.92. The van der Waals surface area contributed by atoms with Gasteiger partial charge >= 0.3 is 0 Å². The summed E-state index contributed by atoms with van der Waals surface area (Å²) in [4.78, 5) is 16.5. The summed E-state index contributed by atoms with van der Waals surface area (Å²) in [5.74, 6) is 0.361. The third kappa shape index (κ3) is 3.71. The molecule has 2 heterocycles. The fourth-order valence-electron chi connectivity index (χ4n) is 2.05. The molecule has 0 radical (unpaired) electrons. The second kappa shape index (κ2) is 6.70. The Balaban J connectivity index is 2.06. The standard InChI is InChI=1S/C16H22N4O2/c1-4-12(2)16(3,22)11-17-15(21)13-7-5-8-14(19-13)20-10-6-9-18-20/h5-10,12,22H,4,11H2,1-3H3,(H,17,21). The van der Waals surface area contributed by atoms with Crippen LogP contribution in [0.15, 0.2) is 36.7 Å². The van der Waals surface area contributed by atoms with Crippen LogP contribution in [0.1, 0.15) is 37.7 Å². The molecule has 2 aromatic heterocycles. The van der Waals surface area contributed by atoms with Crippen molar-refractivity contribution in [3.05, 3.63) is 42.4 Å². The molecule has 1 amide bonds. The van der Waals surface area contributed by atoms with Crippen molar-refractivity contribution in [2.24, 2.45) is 5.92 Å². The number of carbonyl (C=O) groups is 1. The molecule has 2 rings (SSSR count). The van der Waals surface area contributed by atoms with E-state index in [0.717, 1.165) is 6.42 Å². The predicted molar refractivity (Wildman–Crippen MR) is 83.8 cm³/mol. The molecular formula is C16H22N4O2. The molecule has 0 aliphatic rings. The maximum absolute atomic E-state index is 12.2. The molecule has 2 aromatic rings. The van der Waals surface area contributed by atoms with Gasteiger partial charge in [0.25, 0.3) is 5.91 Å². The highest BCUT2D eigenvalue weighted by Gasteiger charge is 2.27. The number of aromatic nitrogens is 3. The van der Waals surface area contributed by atoms with Gasteiger partial charge in [0.1, 0.15) is 5.69 Å². The summed E-state index contributed by atoms with van der Waals surface area (Å²) >= 11 is 0. The molecule has 0 spiro atoms. The smallest absolute Gasteiger partial charge is 0.270 e. The first-order valence-electron chi connectivity index (χ1n) is 7.41. The zero-order chi connectivity index (χ0) is 16.2. The Morgan fingerprint density at radius 1 is 1.45 bits per heavy atom. The van der Waals surface area contributed by atoms with Crippen molar-refractivity contribution in [2.45, 2.75) is 32.8 Å². The largest absolute Gasteiger partial charge is 0.388 e. The number of carbonyl (C=O) groups excluding carboxylic acids is 1. The molecule has 0 aliphatic heterocycles. The lowest BCUT2D eigenvalue weighted by molar-refractivity contribution is 0.00588. The zero-order valence-corrected chi connectivity index (χ0v) is 13.2. The van der Waals surface area contributed by atoms with E-state index in [-0.39, 0.29) is 18.4 Å². The molecule has 6 nitrogen and oxygen atoms in total. The van der Waals surface area contributed by atoms with Crippen LogP contribution in [0.3, 0.4) is 0 Å². The average Bonchev–Trinajstić information content (AvgIpc) is 3.06. The molecule has 0 aromatic carbocycles. The molecule has 22 heavy (non-hydrogen) atoms. The van der Waals surface area contributed by atoms with Crippen LogP contribution in [-0.4, -0.2) is 37.9 Å². The first-order valence-corrected chi connectivity index (χ1v) is 7.41. The van der Waals surface area contributed by atoms with Crippen LogP contribution in [0.5, 0.6) is 0 Å². The van der Waals surface area contributed by atoms with Gasteiger partial charge in [-0.15, -0.1) is 0 Å². The molecule has 2 N–H and O–H groups in total. The minimum Gasteiger partial charge on any atom is -0.388 e. The lowest BCUT2D eigenvalue weighted by Crippen LogP contribution is -2.45. The van der Waals surface area contributed by atoms with Crippen LogP contribution < -0.4 is 5.32 Å². The van der Waals surface area contributed by atoms with Gasteiger partial charge in [0.05, 0.1) is 5.60 Å². The number of amides is 1. The lowest BCUT2D eigenvalue weighted by atomic mass is 9.88. The van der Waals surface area contributed by atoms with Gasteiger partial charge in [-0.1, -0.05) is 26.3 Å². The average molecular weight is 302 g/mol. The van der Waals surface area contributed by atoms with Gasteiger partial charge < -0.3 is 10.4 Å². The van der Waals surface area contributed by atoms with Gasteiger partial charge in [-0.05, 0) is 31.0 Å². The summed E-state index contributed by atoms with van der Waals surface area (Å²) in [6.07, 6.45) is 4.26. The van der Waals surface area contributed by atoms with Gasteiger partial charge in [-0.25, -0.2) is 9.67 Å². The van der Waals surface area contributed by atoms with E-state index < -0.39 is 5.60 Å². The first-order chi connectivity index (χ1) is 10.4. The van der Waals surface area contributed by atoms with Crippen molar-refractivity contribution < 1.29 is 9.90 Å². The number of pyridine rings is 1. The van der Waals surface area contributed by atoms with Gasteiger partial charge in [-0.3, -0.25) is 4.79 Å². The van der Waals surface area contributed by atoms with E-state index in [4.69, 9.17) is 0 Å². The van der Waals surface area contributed by atoms with Crippen molar-refractivity contribution in [3.63, 3.8) is 0 Å². The summed E-state index contributed by atoms with van der Waals surface area (Å²) in [6.45, 7) is 5.89. The molecule has 2 atom stereocenters. The first kappa shape index (κ1) is 16.2. The summed E-state index contributed by atoms with van der Waals surface area (Å²) in [7, 11) is 0. The minimum atomic E-state index is -0.940. The maximum Gasteiger partial charge on any atom is 0.270 e. The molecule has 0 aliphatic carbocycles. The summed E-state index contributed by atoms with van der Waals surface area (Å²) < 4.78 is 1.59. The molecule has 0 saturated carbocycles. The summed E-state index contributed by atoms with van der Waals surface area (Å²) in [6, 6.07) is 6.96. The van der Waals surface area contributed by atoms with Crippen LogP contribution in [0.4, 0.5) is 0 Å². The number of aliphatic hydroxyl groups is 1. The number of rotatable bonds is 6. The van der Waals surface area contributed by atoms with Crippen LogP contribution >= 0.6 is 0 Å². The van der Waals surface area contributed by atoms with E-state index in [1.54, 1.807) is 48.3 Å².